The van der Waals surface area contributed by atoms with Crippen molar-refractivity contribution in [3.8, 4) is 0 Å². The smallest absolute Gasteiger partial charge is 0.222 e. The minimum Gasteiger partial charge on any atom is -0.351 e. The SMILES string of the molecule is CCCc1cc2nc(N3CCN(C)CC3)c3nnnn3c2cc1C. The Hall–Kier alpha value is -2.28. The molecule has 0 saturated carbocycles. The van der Waals surface area contributed by atoms with E-state index in [1.54, 1.807) is 0 Å². The molecule has 24 heavy (non-hydrogen) atoms. The Bertz CT molecular complexity index is 877. The van der Waals surface area contributed by atoms with Crippen molar-refractivity contribution in [3.05, 3.63) is 23.3 Å². The lowest BCUT2D eigenvalue weighted by molar-refractivity contribution is 0.312. The van der Waals surface area contributed by atoms with Crippen molar-refractivity contribution in [1.29, 1.82) is 0 Å². The quantitative estimate of drug-likeness (QED) is 0.730. The van der Waals surface area contributed by atoms with Crippen LogP contribution in [-0.4, -0.2) is 63.2 Å². The van der Waals surface area contributed by atoms with Crippen molar-refractivity contribution < 1.29 is 0 Å². The summed E-state index contributed by atoms with van der Waals surface area (Å²) in [4.78, 5) is 9.58. The highest BCUT2D eigenvalue weighted by Gasteiger charge is 2.21. The molecule has 1 aliphatic rings. The van der Waals surface area contributed by atoms with Gasteiger partial charge in [0.15, 0.2) is 5.82 Å². The molecule has 0 radical (unpaired) electrons. The van der Waals surface area contributed by atoms with E-state index in [1.807, 2.05) is 4.52 Å². The number of likely N-dealkylation sites (N-methyl/N-ethyl adjacent to an activating group) is 1. The van der Waals surface area contributed by atoms with Crippen LogP contribution >= 0.6 is 0 Å². The molecule has 0 atom stereocenters. The summed E-state index contributed by atoms with van der Waals surface area (Å²) in [7, 11) is 2.15. The van der Waals surface area contributed by atoms with Crippen LogP contribution in [0, 0.1) is 6.92 Å². The van der Waals surface area contributed by atoms with E-state index in [1.165, 1.54) is 11.1 Å². The molecule has 1 saturated heterocycles. The molecule has 0 N–H and O–H groups in total. The van der Waals surface area contributed by atoms with Crippen LogP contribution in [0.2, 0.25) is 0 Å². The number of anilines is 1. The second-order valence-corrected chi connectivity index (χ2v) is 6.66. The summed E-state index contributed by atoms with van der Waals surface area (Å²) in [6.45, 7) is 8.31. The molecule has 1 aromatic carbocycles. The van der Waals surface area contributed by atoms with Gasteiger partial charge in [-0.15, -0.1) is 5.10 Å². The lowest BCUT2D eigenvalue weighted by Crippen LogP contribution is -2.45. The predicted octanol–water partition coefficient (Wildman–Crippen LogP) is 1.69. The predicted molar refractivity (Wildman–Crippen MR) is 94.5 cm³/mol. The van der Waals surface area contributed by atoms with Crippen LogP contribution in [0.3, 0.4) is 0 Å². The standard InChI is InChI=1S/C17H23N7/c1-4-5-13-11-14-15(10-12(13)2)24-17(19-20-21-24)16(18-14)23-8-6-22(3)7-9-23/h10-11H,4-9H2,1-3H3. The summed E-state index contributed by atoms with van der Waals surface area (Å²) in [5, 5.41) is 12.3. The summed E-state index contributed by atoms with van der Waals surface area (Å²) >= 11 is 0. The van der Waals surface area contributed by atoms with Gasteiger partial charge in [-0.05, 0) is 54.1 Å². The minimum absolute atomic E-state index is 0.745. The van der Waals surface area contributed by atoms with Crippen LogP contribution in [-0.2, 0) is 6.42 Å². The zero-order chi connectivity index (χ0) is 16.7. The van der Waals surface area contributed by atoms with Gasteiger partial charge in [0.1, 0.15) is 0 Å². The third kappa shape index (κ3) is 2.49. The summed E-state index contributed by atoms with van der Waals surface area (Å²) in [5.74, 6) is 0.895. The first-order valence-electron chi connectivity index (χ1n) is 8.62. The Morgan fingerprint density at radius 2 is 1.92 bits per heavy atom. The molecule has 2 aromatic heterocycles. The van der Waals surface area contributed by atoms with Crippen LogP contribution in [0.1, 0.15) is 24.5 Å². The van der Waals surface area contributed by atoms with Crippen LogP contribution in [0.15, 0.2) is 12.1 Å². The van der Waals surface area contributed by atoms with Gasteiger partial charge < -0.3 is 9.80 Å². The average molecular weight is 325 g/mol. The molecule has 126 valence electrons. The van der Waals surface area contributed by atoms with Gasteiger partial charge in [-0.25, -0.2) is 4.98 Å². The molecule has 7 heteroatoms. The Kier molecular flexibility index (Phi) is 3.80. The maximum Gasteiger partial charge on any atom is 0.222 e. The highest BCUT2D eigenvalue weighted by molar-refractivity contribution is 5.83. The van der Waals surface area contributed by atoms with E-state index < -0.39 is 0 Å². The van der Waals surface area contributed by atoms with Gasteiger partial charge in [0.25, 0.3) is 0 Å². The third-order valence-electron chi connectivity index (χ3n) is 4.88. The van der Waals surface area contributed by atoms with Crippen molar-refractivity contribution in [3.63, 3.8) is 0 Å². The number of aryl methyl sites for hydroxylation is 2. The van der Waals surface area contributed by atoms with Crippen molar-refractivity contribution in [2.24, 2.45) is 0 Å². The average Bonchev–Trinajstić information content (AvgIpc) is 3.06. The molecule has 4 rings (SSSR count). The van der Waals surface area contributed by atoms with E-state index in [2.05, 4.69) is 58.4 Å². The van der Waals surface area contributed by atoms with Crippen molar-refractivity contribution in [1.82, 2.24) is 29.9 Å². The molecule has 1 fully saturated rings. The van der Waals surface area contributed by atoms with E-state index in [0.717, 1.165) is 61.5 Å². The van der Waals surface area contributed by atoms with Crippen molar-refractivity contribution >= 4 is 22.5 Å². The summed E-state index contributed by atoms with van der Waals surface area (Å²) < 4.78 is 1.83. The number of piperazine rings is 1. The van der Waals surface area contributed by atoms with E-state index >= 15 is 0 Å². The number of rotatable bonds is 3. The van der Waals surface area contributed by atoms with Crippen molar-refractivity contribution in [2.75, 3.05) is 38.1 Å². The lowest BCUT2D eigenvalue weighted by atomic mass is 10.0. The van der Waals surface area contributed by atoms with Gasteiger partial charge in [-0.1, -0.05) is 13.3 Å². The first-order valence-corrected chi connectivity index (χ1v) is 8.62. The molecule has 0 bridgehead atoms. The first kappa shape index (κ1) is 15.3. The largest absolute Gasteiger partial charge is 0.351 e. The zero-order valence-corrected chi connectivity index (χ0v) is 14.5. The molecule has 3 heterocycles. The van der Waals surface area contributed by atoms with Crippen LogP contribution in [0.4, 0.5) is 5.82 Å². The fourth-order valence-electron chi connectivity index (χ4n) is 3.41. The van der Waals surface area contributed by atoms with Crippen LogP contribution in [0.25, 0.3) is 16.7 Å². The molecular formula is C17H23N7. The van der Waals surface area contributed by atoms with Gasteiger partial charge in [0, 0.05) is 26.2 Å². The Balaban J connectivity index is 1.89. The van der Waals surface area contributed by atoms with Gasteiger partial charge in [0.2, 0.25) is 5.65 Å². The maximum atomic E-state index is 4.95. The Morgan fingerprint density at radius 3 is 2.67 bits per heavy atom. The number of tetrazole rings is 1. The fraction of sp³-hybridized carbons (Fsp3) is 0.529. The molecule has 0 unspecified atom stereocenters. The summed E-state index contributed by atoms with van der Waals surface area (Å²) in [6.07, 6.45) is 2.20. The van der Waals surface area contributed by atoms with E-state index in [9.17, 15) is 0 Å². The van der Waals surface area contributed by atoms with Gasteiger partial charge in [0.05, 0.1) is 11.0 Å². The molecule has 0 aliphatic carbocycles. The summed E-state index contributed by atoms with van der Waals surface area (Å²) in [6, 6.07) is 4.36. The maximum absolute atomic E-state index is 4.95. The topological polar surface area (TPSA) is 62.5 Å². The number of nitrogens with zero attached hydrogens (tertiary/aromatic N) is 7. The number of fused-ring (bicyclic) bond motifs is 3. The molecule has 7 nitrogen and oxygen atoms in total. The van der Waals surface area contributed by atoms with E-state index in [0.29, 0.717) is 0 Å². The highest BCUT2D eigenvalue weighted by atomic mass is 15.5. The van der Waals surface area contributed by atoms with E-state index in [-0.39, 0.29) is 0 Å². The van der Waals surface area contributed by atoms with Gasteiger partial charge in [-0.2, -0.15) is 4.52 Å². The Labute approximate surface area is 141 Å². The lowest BCUT2D eigenvalue weighted by Gasteiger charge is -2.33. The fourth-order valence-corrected chi connectivity index (χ4v) is 3.41. The second-order valence-electron chi connectivity index (χ2n) is 6.66. The molecular weight excluding hydrogens is 302 g/mol. The molecule has 1 aliphatic heterocycles. The minimum atomic E-state index is 0.745. The number of aromatic nitrogens is 5. The van der Waals surface area contributed by atoms with E-state index in [4.69, 9.17) is 4.98 Å². The van der Waals surface area contributed by atoms with Gasteiger partial charge >= 0.3 is 0 Å². The molecule has 0 spiro atoms. The summed E-state index contributed by atoms with van der Waals surface area (Å²) in [5.41, 5.74) is 5.32. The molecule has 0 amide bonds. The number of hydrogen-bond donors (Lipinski definition) is 0. The highest BCUT2D eigenvalue weighted by Crippen LogP contribution is 2.26. The first-order chi connectivity index (χ1) is 11.7. The monoisotopic (exact) mass is 325 g/mol. The Morgan fingerprint density at radius 1 is 1.12 bits per heavy atom. The van der Waals surface area contributed by atoms with Gasteiger partial charge in [-0.3, -0.25) is 0 Å². The molecule has 3 aromatic rings. The number of benzene rings is 1. The van der Waals surface area contributed by atoms with Crippen molar-refractivity contribution in [2.45, 2.75) is 26.7 Å². The normalized spacial score (nSPS) is 16.4. The number of hydrogen-bond acceptors (Lipinski definition) is 6. The van der Waals surface area contributed by atoms with Crippen LogP contribution in [0.5, 0.6) is 0 Å². The second kappa shape index (κ2) is 5.98. The third-order valence-corrected chi connectivity index (χ3v) is 4.88. The zero-order valence-electron chi connectivity index (χ0n) is 14.5. The van der Waals surface area contributed by atoms with Crippen LogP contribution < -0.4 is 4.90 Å².